The molecule has 0 aromatic carbocycles. The molecule has 10 rings (SSSR count). The minimum Gasteiger partial charge on any atom is -0.207 e. The van der Waals surface area contributed by atoms with Gasteiger partial charge in [0.1, 0.15) is 0 Å². The third-order valence-corrected chi connectivity index (χ3v) is 24.7. The van der Waals surface area contributed by atoms with Crippen molar-refractivity contribution in [3.8, 4) is 0 Å². The van der Waals surface area contributed by atoms with E-state index in [-0.39, 0.29) is 41.9 Å². The largest absolute Gasteiger partial charge is 0.395 e. The zero-order valence-electron chi connectivity index (χ0n) is 62.7. The molecule has 0 saturated heterocycles. The van der Waals surface area contributed by atoms with Crippen molar-refractivity contribution < 1.29 is 61.5 Å². The lowest BCUT2D eigenvalue weighted by Crippen LogP contribution is -2.55. The van der Waals surface area contributed by atoms with Gasteiger partial charge < -0.3 is 0 Å². The Morgan fingerprint density at radius 3 is 0.670 bits per heavy atom. The molecule has 91 heavy (non-hydrogen) atoms. The van der Waals surface area contributed by atoms with E-state index < -0.39 is 63.1 Å². The van der Waals surface area contributed by atoms with Gasteiger partial charge in [-0.25, -0.2) is 8.78 Å². The van der Waals surface area contributed by atoms with Crippen LogP contribution < -0.4 is 0 Å². The summed E-state index contributed by atoms with van der Waals surface area (Å²) in [5.41, 5.74) is -2.92. The van der Waals surface area contributed by atoms with Gasteiger partial charge in [0.15, 0.2) is 0 Å². The summed E-state index contributed by atoms with van der Waals surface area (Å²) in [6.07, 6.45) is 8.68. The second-order valence-electron chi connectivity index (χ2n) is 41.5. The minimum atomic E-state index is -4.02. The molecule has 0 heterocycles. The van der Waals surface area contributed by atoms with E-state index in [0.29, 0.717) is 89.8 Å². The normalized spacial score (nSPS) is 25.3. The molecule has 10 aliphatic carbocycles. The van der Waals surface area contributed by atoms with E-state index in [1.165, 1.54) is 64.2 Å². The molecule has 0 atom stereocenters. The predicted molar refractivity (Wildman–Crippen MR) is 352 cm³/mol. The van der Waals surface area contributed by atoms with Crippen molar-refractivity contribution in [3.63, 3.8) is 0 Å². The Hall–Kier alpha value is -0.980. The Morgan fingerprint density at radius 2 is 0.582 bits per heavy atom. The highest BCUT2D eigenvalue weighted by atomic mass is 19.4. The summed E-state index contributed by atoms with van der Waals surface area (Å²) in [6, 6.07) is 0. The van der Waals surface area contributed by atoms with E-state index in [9.17, 15) is 61.5 Å². The van der Waals surface area contributed by atoms with E-state index in [0.717, 1.165) is 37.0 Å². The van der Waals surface area contributed by atoms with Crippen molar-refractivity contribution in [2.24, 2.45) is 98.5 Å². The maximum Gasteiger partial charge on any atom is 0.395 e. The Balaban J connectivity index is 0.000000272. The number of alkyl halides is 14. The van der Waals surface area contributed by atoms with Gasteiger partial charge in [-0.2, -0.15) is 52.7 Å². The van der Waals surface area contributed by atoms with Crippen LogP contribution in [0.1, 0.15) is 360 Å². The van der Waals surface area contributed by atoms with Gasteiger partial charge in [0.2, 0.25) is 5.92 Å². The average Bonchev–Trinajstić information content (AvgIpc) is 1.06. The van der Waals surface area contributed by atoms with Crippen LogP contribution in [0.2, 0.25) is 0 Å². The first-order valence-corrected chi connectivity index (χ1v) is 35.5. The van der Waals surface area contributed by atoms with Crippen LogP contribution in [0, 0.1) is 98.5 Å². The van der Waals surface area contributed by atoms with Gasteiger partial charge >= 0.3 is 24.7 Å². The fourth-order valence-corrected chi connectivity index (χ4v) is 16.8. The van der Waals surface area contributed by atoms with Gasteiger partial charge in [0, 0.05) is 12.8 Å². The lowest BCUT2D eigenvalue weighted by atomic mass is 9.46. The number of hydrogen-bond donors (Lipinski definition) is 0. The molecule has 542 valence electrons. The SMILES string of the molecule is CC(C)(C)C1(C(F)(F)F)CC1.CC(C)(C)C1(C(F)(F)F)CCC1.CC(C)(C)C1(C)CCC1.CC(C)(C)C1CC2(C1)CC(F)(F)C2.CC(C)(C)C1CC2(CCC2)C1.CC(C)(C)CC1(C(F)(F)F)CC1.CC(C)(C)CC1(C(F)(F)F)CCC1.CC(C)(C)CC1(C)CCC1. The summed E-state index contributed by atoms with van der Waals surface area (Å²) in [6.45, 7) is 54.0. The summed E-state index contributed by atoms with van der Waals surface area (Å²) in [5.74, 6) is -0.630. The lowest BCUT2D eigenvalue weighted by molar-refractivity contribution is -0.286. The van der Waals surface area contributed by atoms with E-state index in [4.69, 9.17) is 0 Å². The minimum absolute atomic E-state index is 0.0570. The van der Waals surface area contributed by atoms with Gasteiger partial charge in [-0.05, 0) is 212 Å². The van der Waals surface area contributed by atoms with Crippen LogP contribution in [0.4, 0.5) is 61.5 Å². The molecule has 0 aromatic heterocycles. The molecule has 14 heteroatoms. The molecular formula is C77H136F14. The van der Waals surface area contributed by atoms with Crippen LogP contribution in [-0.2, 0) is 0 Å². The maximum atomic E-state index is 12.7. The Kier molecular flexibility index (Phi) is 25.2. The second-order valence-corrected chi connectivity index (χ2v) is 41.5. The van der Waals surface area contributed by atoms with Gasteiger partial charge in [-0.15, -0.1) is 0 Å². The van der Waals surface area contributed by atoms with Crippen LogP contribution >= 0.6 is 0 Å². The first-order valence-electron chi connectivity index (χ1n) is 35.5. The quantitative estimate of drug-likeness (QED) is 0.247. The molecular weight excluding hydrogens is 1190 g/mol. The fraction of sp³-hybridized carbons (Fsp3) is 1.00. The van der Waals surface area contributed by atoms with E-state index in [1.807, 2.05) is 41.5 Å². The van der Waals surface area contributed by atoms with Crippen LogP contribution in [0.5, 0.6) is 0 Å². The summed E-state index contributed by atoms with van der Waals surface area (Å²) >= 11 is 0. The predicted octanol–water partition coefficient (Wildman–Crippen LogP) is 29.4. The molecule has 2 spiro atoms. The van der Waals surface area contributed by atoms with Gasteiger partial charge in [-0.1, -0.05) is 212 Å². The van der Waals surface area contributed by atoms with E-state index >= 15 is 0 Å². The van der Waals surface area contributed by atoms with Gasteiger partial charge in [0.25, 0.3) is 0 Å². The molecule has 0 aromatic rings. The summed E-state index contributed by atoms with van der Waals surface area (Å²) in [5, 5.41) is 0. The molecule has 10 aliphatic rings. The van der Waals surface area contributed by atoms with Crippen molar-refractivity contribution in [3.05, 3.63) is 0 Å². The van der Waals surface area contributed by atoms with Crippen molar-refractivity contribution in [2.45, 2.75) is 390 Å². The molecule has 0 nitrogen and oxygen atoms in total. The highest BCUT2D eigenvalue weighted by molar-refractivity contribution is 5.10. The molecule has 10 saturated carbocycles. The Morgan fingerprint density at radius 1 is 0.297 bits per heavy atom. The molecule has 0 amide bonds. The molecule has 0 N–H and O–H groups in total. The van der Waals surface area contributed by atoms with Crippen molar-refractivity contribution >= 4 is 0 Å². The van der Waals surface area contributed by atoms with Crippen LogP contribution in [0.3, 0.4) is 0 Å². The zero-order chi connectivity index (χ0) is 71.5. The van der Waals surface area contributed by atoms with Crippen molar-refractivity contribution in [2.75, 3.05) is 0 Å². The molecule has 0 aliphatic heterocycles. The fourth-order valence-electron chi connectivity index (χ4n) is 16.8. The molecule has 0 bridgehead atoms. The average molecular weight is 1330 g/mol. The Bertz CT molecular complexity index is 2180. The van der Waals surface area contributed by atoms with Crippen LogP contribution in [0.15, 0.2) is 0 Å². The molecule has 0 unspecified atom stereocenters. The zero-order valence-corrected chi connectivity index (χ0v) is 62.7. The summed E-state index contributed by atoms with van der Waals surface area (Å²) in [7, 11) is 0. The highest BCUT2D eigenvalue weighted by Gasteiger charge is 2.69. The molecule has 10 fully saturated rings. The standard InChI is InChI=1S/C11H18F2.C11H20.C10H17F3.C10H20.2C9H15F3.C9H18.C8H13F3/c1-9(2,3)8-4-10(5-8)6-11(12,13)7-10;1-10(2,3)9-7-11(8-9)5-4-6-11;1-8(2,3)7-9(5-4-6-9)10(11,12)13;1-9(2,3)8-10(4)6-5-7-10;1-7(2,3)6-8(4-5-8)9(10,11)12;1-7(2,3)8(5-4-6-8)9(10,11)12;1-8(2,3)9(4)6-5-7-9;1-6(2,3)7(4-5-7)8(9,10)11/h8H,4-7H2,1-3H3;9H,4-8H2,1-3H3;4-7H2,1-3H3;5-8H2,1-4H3;2*4-6H2,1-3H3;5-7H2,1-4H3;4-5H2,1-3H3. The first kappa shape index (κ1) is 84.2. The van der Waals surface area contributed by atoms with E-state index in [1.54, 1.807) is 54.4 Å². The number of rotatable bonds is 3. The lowest BCUT2D eigenvalue weighted by Gasteiger charge is -2.60. The van der Waals surface area contributed by atoms with Gasteiger partial charge in [0.05, 0.1) is 21.7 Å². The maximum absolute atomic E-state index is 12.7. The van der Waals surface area contributed by atoms with Crippen LogP contribution in [0.25, 0.3) is 0 Å². The summed E-state index contributed by atoms with van der Waals surface area (Å²) in [4.78, 5) is 0. The smallest absolute Gasteiger partial charge is 0.207 e. The number of halogens is 14. The Labute approximate surface area is 548 Å². The van der Waals surface area contributed by atoms with E-state index in [2.05, 4.69) is 96.9 Å². The van der Waals surface area contributed by atoms with Gasteiger partial charge in [-0.3, -0.25) is 0 Å². The molecule has 0 radical (unpaired) electrons. The van der Waals surface area contributed by atoms with Crippen LogP contribution in [-0.4, -0.2) is 30.6 Å². The second kappa shape index (κ2) is 27.3. The monoisotopic (exact) mass is 1330 g/mol. The first-order chi connectivity index (χ1) is 39.9. The third kappa shape index (κ3) is 22.3. The van der Waals surface area contributed by atoms with Crippen molar-refractivity contribution in [1.82, 2.24) is 0 Å². The van der Waals surface area contributed by atoms with Crippen molar-refractivity contribution in [1.29, 1.82) is 0 Å². The highest BCUT2D eigenvalue weighted by Crippen LogP contribution is 2.70. The number of hydrogen-bond acceptors (Lipinski definition) is 0. The topological polar surface area (TPSA) is 0 Å². The third-order valence-electron chi connectivity index (χ3n) is 24.7. The summed E-state index contributed by atoms with van der Waals surface area (Å²) < 4.78 is 176.